The zero-order valence-electron chi connectivity index (χ0n) is 15.2. The normalized spacial score (nSPS) is 10.9. The Hall–Kier alpha value is -3.52. The van der Waals surface area contributed by atoms with Gasteiger partial charge in [-0.25, -0.2) is 4.98 Å². The molecule has 0 spiro atoms. The van der Waals surface area contributed by atoms with Gasteiger partial charge in [0.1, 0.15) is 10.7 Å². The van der Waals surface area contributed by atoms with Crippen LogP contribution in [0.5, 0.6) is 0 Å². The maximum atomic E-state index is 11.5. The third kappa shape index (κ3) is 4.07. The molecule has 0 aliphatic carbocycles. The van der Waals surface area contributed by atoms with Gasteiger partial charge in [-0.2, -0.15) is 0 Å². The Balaban J connectivity index is 1.96. The lowest BCUT2D eigenvalue weighted by Gasteiger charge is -2.12. The van der Waals surface area contributed by atoms with Crippen molar-refractivity contribution in [2.45, 2.75) is 0 Å². The number of benzene rings is 2. The Morgan fingerprint density at radius 3 is 2.46 bits per heavy atom. The smallest absolute Gasteiger partial charge is 0.293 e. The number of nitro groups is 1. The van der Waals surface area contributed by atoms with Crippen LogP contribution in [-0.4, -0.2) is 30.0 Å². The van der Waals surface area contributed by atoms with E-state index in [9.17, 15) is 20.0 Å². The van der Waals surface area contributed by atoms with Gasteiger partial charge < -0.3 is 14.8 Å². The van der Waals surface area contributed by atoms with Gasteiger partial charge >= 0.3 is 0 Å². The summed E-state index contributed by atoms with van der Waals surface area (Å²) in [5.74, 6) is -1.29. The standard InChI is InChI=1S/C20H17N3O4S/c1-22(2)15-10-8-13(12-16(15)23(26)27)9-11-17-21-18(19(28-17)20(24)25)14-6-4-3-5-7-14/h3-12H,1-2H3,(H,24,25)/p-1/b11-9+. The fraction of sp³-hybridized carbons (Fsp3) is 0.100. The molecule has 0 aliphatic heterocycles. The number of nitro benzene ring substituents is 1. The Labute approximate surface area is 165 Å². The monoisotopic (exact) mass is 394 g/mol. The summed E-state index contributed by atoms with van der Waals surface area (Å²) in [5.41, 5.74) is 2.14. The third-order valence-electron chi connectivity index (χ3n) is 3.97. The van der Waals surface area contributed by atoms with E-state index < -0.39 is 10.9 Å². The maximum Gasteiger partial charge on any atom is 0.293 e. The first-order chi connectivity index (χ1) is 13.4. The first-order valence-corrected chi connectivity index (χ1v) is 9.10. The van der Waals surface area contributed by atoms with Crippen LogP contribution in [0.4, 0.5) is 11.4 Å². The van der Waals surface area contributed by atoms with Crippen molar-refractivity contribution in [2.24, 2.45) is 0 Å². The molecule has 0 saturated carbocycles. The second-order valence-corrected chi connectivity index (χ2v) is 7.15. The average molecular weight is 394 g/mol. The number of rotatable bonds is 6. The molecule has 1 aromatic heterocycles. The van der Waals surface area contributed by atoms with Gasteiger partial charge in [0.2, 0.25) is 0 Å². The average Bonchev–Trinajstić information content (AvgIpc) is 3.11. The Morgan fingerprint density at radius 2 is 1.86 bits per heavy atom. The van der Waals surface area contributed by atoms with Crippen molar-refractivity contribution in [3.8, 4) is 11.3 Å². The van der Waals surface area contributed by atoms with Gasteiger partial charge in [-0.15, -0.1) is 11.3 Å². The Morgan fingerprint density at radius 1 is 1.14 bits per heavy atom. The van der Waals surface area contributed by atoms with Crippen molar-refractivity contribution in [2.75, 3.05) is 19.0 Å². The highest BCUT2D eigenvalue weighted by atomic mass is 32.1. The summed E-state index contributed by atoms with van der Waals surface area (Å²) in [6, 6.07) is 13.9. The first kappa shape index (κ1) is 19.2. The number of nitrogens with zero attached hydrogens (tertiary/aromatic N) is 3. The van der Waals surface area contributed by atoms with E-state index in [0.29, 0.717) is 27.5 Å². The number of aromatic nitrogens is 1. The van der Waals surface area contributed by atoms with Crippen molar-refractivity contribution in [1.29, 1.82) is 0 Å². The van der Waals surface area contributed by atoms with Gasteiger partial charge in [0.05, 0.1) is 21.5 Å². The number of carbonyl (C=O) groups is 1. The maximum absolute atomic E-state index is 11.5. The Kier molecular flexibility index (Phi) is 5.51. The molecule has 142 valence electrons. The van der Waals surface area contributed by atoms with Gasteiger partial charge in [-0.1, -0.05) is 42.5 Å². The molecular formula is C20H16N3O4S-. The predicted molar refractivity (Wildman–Crippen MR) is 108 cm³/mol. The molecule has 0 fully saturated rings. The van der Waals surface area contributed by atoms with Crippen LogP contribution in [-0.2, 0) is 0 Å². The first-order valence-electron chi connectivity index (χ1n) is 8.28. The zero-order valence-corrected chi connectivity index (χ0v) is 16.0. The van der Waals surface area contributed by atoms with Crippen LogP contribution in [0, 0.1) is 10.1 Å². The fourth-order valence-electron chi connectivity index (χ4n) is 2.67. The summed E-state index contributed by atoms with van der Waals surface area (Å²) in [7, 11) is 3.47. The number of aromatic carboxylic acids is 1. The molecule has 2 aromatic carbocycles. The minimum absolute atomic E-state index is 0.00770. The summed E-state index contributed by atoms with van der Waals surface area (Å²) in [5, 5.41) is 23.2. The van der Waals surface area contributed by atoms with E-state index in [2.05, 4.69) is 4.98 Å². The summed E-state index contributed by atoms with van der Waals surface area (Å²) in [4.78, 5) is 28.4. The molecule has 1 heterocycles. The molecule has 28 heavy (non-hydrogen) atoms. The van der Waals surface area contributed by atoms with Crippen LogP contribution in [0.3, 0.4) is 0 Å². The van der Waals surface area contributed by atoms with E-state index in [4.69, 9.17) is 0 Å². The molecule has 3 rings (SSSR count). The number of hydrogen-bond donors (Lipinski definition) is 0. The van der Waals surface area contributed by atoms with Crippen molar-refractivity contribution in [1.82, 2.24) is 4.98 Å². The zero-order chi connectivity index (χ0) is 20.3. The highest BCUT2D eigenvalue weighted by Gasteiger charge is 2.16. The molecule has 0 unspecified atom stereocenters. The quantitative estimate of drug-likeness (QED) is 0.470. The van der Waals surface area contributed by atoms with Crippen molar-refractivity contribution in [3.63, 3.8) is 0 Å². The molecular weight excluding hydrogens is 378 g/mol. The predicted octanol–water partition coefficient (Wildman–Crippen LogP) is 3.32. The van der Waals surface area contributed by atoms with E-state index in [1.165, 1.54) is 6.07 Å². The van der Waals surface area contributed by atoms with Crippen LogP contribution in [0.2, 0.25) is 0 Å². The lowest BCUT2D eigenvalue weighted by atomic mass is 10.1. The number of carboxylic acid groups (broad SMARTS) is 1. The summed E-state index contributed by atoms with van der Waals surface area (Å²) >= 11 is 0.998. The summed E-state index contributed by atoms with van der Waals surface area (Å²) in [6.45, 7) is 0. The minimum Gasteiger partial charge on any atom is -0.544 e. The number of thiazole rings is 1. The number of hydrogen-bond acceptors (Lipinski definition) is 7. The highest BCUT2D eigenvalue weighted by Crippen LogP contribution is 2.30. The summed E-state index contributed by atoms with van der Waals surface area (Å²) < 4.78 is 0. The lowest BCUT2D eigenvalue weighted by Crippen LogP contribution is -2.21. The second-order valence-electron chi connectivity index (χ2n) is 6.12. The summed E-state index contributed by atoms with van der Waals surface area (Å²) in [6.07, 6.45) is 3.30. The number of anilines is 1. The van der Waals surface area contributed by atoms with Crippen LogP contribution < -0.4 is 10.0 Å². The number of carbonyl (C=O) groups excluding carboxylic acids is 1. The van der Waals surface area contributed by atoms with E-state index >= 15 is 0 Å². The molecule has 0 aliphatic rings. The van der Waals surface area contributed by atoms with Crippen LogP contribution in [0.1, 0.15) is 20.2 Å². The van der Waals surface area contributed by atoms with E-state index in [0.717, 1.165) is 11.3 Å². The largest absolute Gasteiger partial charge is 0.544 e. The van der Waals surface area contributed by atoms with Crippen LogP contribution >= 0.6 is 11.3 Å². The minimum atomic E-state index is -1.29. The molecule has 0 atom stereocenters. The molecule has 0 amide bonds. The highest BCUT2D eigenvalue weighted by molar-refractivity contribution is 7.14. The van der Waals surface area contributed by atoms with Crippen molar-refractivity contribution >= 4 is 40.8 Å². The molecule has 0 saturated heterocycles. The second kappa shape index (κ2) is 8.01. The van der Waals surface area contributed by atoms with Gasteiger partial charge in [-0.3, -0.25) is 10.1 Å². The van der Waals surface area contributed by atoms with Gasteiger partial charge in [0.15, 0.2) is 0 Å². The van der Waals surface area contributed by atoms with E-state index in [1.54, 1.807) is 67.5 Å². The Bertz CT molecular complexity index is 1060. The lowest BCUT2D eigenvalue weighted by molar-refractivity contribution is -0.384. The van der Waals surface area contributed by atoms with Gasteiger partial charge in [0, 0.05) is 25.7 Å². The van der Waals surface area contributed by atoms with Crippen LogP contribution in [0.15, 0.2) is 48.5 Å². The molecule has 8 heteroatoms. The molecule has 0 bridgehead atoms. The van der Waals surface area contributed by atoms with Crippen molar-refractivity contribution in [3.05, 3.63) is 74.1 Å². The van der Waals surface area contributed by atoms with E-state index in [-0.39, 0.29) is 10.6 Å². The molecule has 0 N–H and O–H groups in total. The van der Waals surface area contributed by atoms with Gasteiger partial charge in [0.25, 0.3) is 5.69 Å². The number of carboxylic acids is 1. The third-order valence-corrected chi connectivity index (χ3v) is 4.97. The molecule has 3 aromatic rings. The van der Waals surface area contributed by atoms with E-state index in [1.807, 2.05) is 6.07 Å². The fourth-order valence-corrected chi connectivity index (χ4v) is 3.50. The van der Waals surface area contributed by atoms with Crippen LogP contribution in [0.25, 0.3) is 23.4 Å². The SMILES string of the molecule is CN(C)c1ccc(/C=C/c2nc(-c3ccccc3)c(C(=O)[O-])s2)cc1[N+](=O)[O-]. The molecule has 7 nitrogen and oxygen atoms in total. The van der Waals surface area contributed by atoms with Crippen molar-refractivity contribution < 1.29 is 14.8 Å². The van der Waals surface area contributed by atoms with Gasteiger partial charge in [-0.05, 0) is 17.7 Å². The molecule has 0 radical (unpaired) electrons. The topological polar surface area (TPSA) is 99.4 Å².